The third kappa shape index (κ3) is 3.07. The zero-order valence-electron chi connectivity index (χ0n) is 12.9. The highest BCUT2D eigenvalue weighted by Crippen LogP contribution is 2.24. The fourth-order valence-corrected chi connectivity index (χ4v) is 2.71. The van der Waals surface area contributed by atoms with Crippen LogP contribution in [0.2, 0.25) is 5.02 Å². The molecular weight excluding hydrogens is 338 g/mol. The Kier molecular flexibility index (Phi) is 3.87. The van der Waals surface area contributed by atoms with Crippen LogP contribution in [-0.4, -0.2) is 26.1 Å². The van der Waals surface area contributed by atoms with E-state index in [1.54, 1.807) is 42.9 Å². The standard InChI is InChI=1S/C18H12ClN5O/c19-14-2-1-7-20-17(14)12-4-6-15(21-9-12)18(25)23-13-5-3-11-10-22-24-16(11)8-13/h1-10H,(H,22,24)(H,23,25). The molecule has 0 unspecified atom stereocenters. The highest BCUT2D eigenvalue weighted by Gasteiger charge is 2.10. The van der Waals surface area contributed by atoms with Crippen molar-refractivity contribution in [1.82, 2.24) is 20.2 Å². The largest absolute Gasteiger partial charge is 0.321 e. The van der Waals surface area contributed by atoms with Crippen LogP contribution in [0.3, 0.4) is 0 Å². The molecule has 0 fully saturated rings. The molecule has 7 heteroatoms. The quantitative estimate of drug-likeness (QED) is 0.587. The van der Waals surface area contributed by atoms with E-state index in [-0.39, 0.29) is 5.91 Å². The third-order valence-corrected chi connectivity index (χ3v) is 4.03. The van der Waals surface area contributed by atoms with Crippen LogP contribution in [0.15, 0.2) is 61.1 Å². The maximum Gasteiger partial charge on any atom is 0.274 e. The summed E-state index contributed by atoms with van der Waals surface area (Å²) in [7, 11) is 0. The van der Waals surface area contributed by atoms with E-state index in [0.717, 1.165) is 16.5 Å². The van der Waals surface area contributed by atoms with Gasteiger partial charge >= 0.3 is 0 Å². The van der Waals surface area contributed by atoms with Gasteiger partial charge in [-0.25, -0.2) is 0 Å². The lowest BCUT2D eigenvalue weighted by Crippen LogP contribution is -2.13. The molecule has 0 bridgehead atoms. The van der Waals surface area contributed by atoms with Gasteiger partial charge in [-0.05, 0) is 42.5 Å². The Balaban J connectivity index is 1.55. The van der Waals surface area contributed by atoms with Gasteiger partial charge in [0.15, 0.2) is 0 Å². The Morgan fingerprint density at radius 3 is 2.80 bits per heavy atom. The van der Waals surface area contributed by atoms with E-state index in [2.05, 4.69) is 25.5 Å². The smallest absolute Gasteiger partial charge is 0.274 e. The zero-order valence-corrected chi connectivity index (χ0v) is 13.7. The average molecular weight is 350 g/mol. The van der Waals surface area contributed by atoms with Crippen LogP contribution in [0.4, 0.5) is 5.69 Å². The molecule has 0 saturated heterocycles. The summed E-state index contributed by atoms with van der Waals surface area (Å²) >= 11 is 6.13. The van der Waals surface area contributed by atoms with Crippen LogP contribution in [0, 0.1) is 0 Å². The number of carbonyl (C=O) groups is 1. The van der Waals surface area contributed by atoms with E-state index in [1.165, 1.54) is 0 Å². The van der Waals surface area contributed by atoms with Gasteiger partial charge in [0.2, 0.25) is 0 Å². The van der Waals surface area contributed by atoms with Gasteiger partial charge in [-0.1, -0.05) is 11.6 Å². The summed E-state index contributed by atoms with van der Waals surface area (Å²) < 4.78 is 0. The monoisotopic (exact) mass is 349 g/mol. The predicted molar refractivity (Wildman–Crippen MR) is 96.5 cm³/mol. The summed E-state index contributed by atoms with van der Waals surface area (Å²) in [5, 5.41) is 11.2. The lowest BCUT2D eigenvalue weighted by atomic mass is 10.1. The second kappa shape index (κ2) is 6.33. The van der Waals surface area contributed by atoms with Crippen molar-refractivity contribution in [2.75, 3.05) is 5.32 Å². The highest BCUT2D eigenvalue weighted by molar-refractivity contribution is 6.33. The van der Waals surface area contributed by atoms with Gasteiger partial charge in [-0.2, -0.15) is 5.10 Å². The number of aromatic amines is 1. The maximum absolute atomic E-state index is 12.4. The lowest BCUT2D eigenvalue weighted by Gasteiger charge is -2.06. The SMILES string of the molecule is O=C(Nc1ccc2cn[nH]c2c1)c1ccc(-c2ncccc2Cl)cn1. The second-order valence-corrected chi connectivity index (χ2v) is 5.80. The Morgan fingerprint density at radius 1 is 1.08 bits per heavy atom. The maximum atomic E-state index is 12.4. The molecule has 0 spiro atoms. The first kappa shape index (κ1) is 15.3. The molecule has 122 valence electrons. The Hall–Kier alpha value is -3.25. The molecule has 0 atom stereocenters. The summed E-state index contributed by atoms with van der Waals surface area (Å²) in [5.41, 5.74) is 3.21. The summed E-state index contributed by atoms with van der Waals surface area (Å²) in [6, 6.07) is 12.5. The number of nitrogens with zero attached hydrogens (tertiary/aromatic N) is 3. The first-order valence-electron chi connectivity index (χ1n) is 7.52. The number of nitrogens with one attached hydrogen (secondary N) is 2. The van der Waals surface area contributed by atoms with Crippen molar-refractivity contribution in [2.45, 2.75) is 0 Å². The van der Waals surface area contributed by atoms with Gasteiger partial charge in [0.1, 0.15) is 5.69 Å². The molecule has 0 aliphatic carbocycles. The van der Waals surface area contributed by atoms with Gasteiger partial charge < -0.3 is 5.32 Å². The van der Waals surface area contributed by atoms with Gasteiger partial charge in [0.25, 0.3) is 5.91 Å². The molecule has 0 radical (unpaired) electrons. The first-order chi connectivity index (χ1) is 12.2. The normalized spacial score (nSPS) is 10.8. The van der Waals surface area contributed by atoms with Crippen molar-refractivity contribution >= 4 is 34.1 Å². The molecular formula is C18H12ClN5O. The van der Waals surface area contributed by atoms with Crippen molar-refractivity contribution in [3.05, 3.63) is 71.8 Å². The molecule has 3 aromatic heterocycles. The van der Waals surface area contributed by atoms with Gasteiger partial charge in [0, 0.05) is 29.0 Å². The van der Waals surface area contributed by atoms with E-state index in [1.807, 2.05) is 18.2 Å². The van der Waals surface area contributed by atoms with E-state index in [9.17, 15) is 4.79 Å². The van der Waals surface area contributed by atoms with Gasteiger partial charge in [-0.3, -0.25) is 19.9 Å². The van der Waals surface area contributed by atoms with E-state index >= 15 is 0 Å². The van der Waals surface area contributed by atoms with Crippen molar-refractivity contribution in [3.63, 3.8) is 0 Å². The van der Waals surface area contributed by atoms with Crippen molar-refractivity contribution in [3.8, 4) is 11.3 Å². The number of benzene rings is 1. The molecule has 1 amide bonds. The number of halogens is 1. The minimum atomic E-state index is -0.294. The number of fused-ring (bicyclic) bond motifs is 1. The Bertz CT molecular complexity index is 1060. The first-order valence-corrected chi connectivity index (χ1v) is 7.90. The lowest BCUT2D eigenvalue weighted by molar-refractivity contribution is 0.102. The van der Waals surface area contributed by atoms with Crippen LogP contribution in [-0.2, 0) is 0 Å². The number of hydrogen-bond donors (Lipinski definition) is 2. The minimum Gasteiger partial charge on any atom is -0.321 e. The molecule has 1 aromatic carbocycles. The average Bonchev–Trinajstić information content (AvgIpc) is 3.10. The zero-order chi connectivity index (χ0) is 17.2. The number of carbonyl (C=O) groups excluding carboxylic acids is 1. The van der Waals surface area contributed by atoms with Crippen LogP contribution in [0.25, 0.3) is 22.2 Å². The summed E-state index contributed by atoms with van der Waals surface area (Å²) in [5.74, 6) is -0.294. The van der Waals surface area contributed by atoms with Crippen LogP contribution < -0.4 is 5.32 Å². The second-order valence-electron chi connectivity index (χ2n) is 5.39. The van der Waals surface area contributed by atoms with Crippen molar-refractivity contribution in [1.29, 1.82) is 0 Å². The molecule has 3 heterocycles. The number of hydrogen-bond acceptors (Lipinski definition) is 4. The highest BCUT2D eigenvalue weighted by atomic mass is 35.5. The van der Waals surface area contributed by atoms with Crippen molar-refractivity contribution in [2.24, 2.45) is 0 Å². The van der Waals surface area contributed by atoms with E-state index in [0.29, 0.717) is 22.1 Å². The number of H-pyrrole nitrogens is 1. The van der Waals surface area contributed by atoms with E-state index < -0.39 is 0 Å². The van der Waals surface area contributed by atoms with Crippen LogP contribution in [0.5, 0.6) is 0 Å². The number of aromatic nitrogens is 4. The summed E-state index contributed by atoms with van der Waals surface area (Å²) in [6.45, 7) is 0. The fourth-order valence-electron chi connectivity index (χ4n) is 2.48. The predicted octanol–water partition coefficient (Wildman–Crippen LogP) is 3.93. The number of rotatable bonds is 3. The Labute approximate surface area is 147 Å². The van der Waals surface area contributed by atoms with Crippen molar-refractivity contribution < 1.29 is 4.79 Å². The minimum absolute atomic E-state index is 0.294. The summed E-state index contributed by atoms with van der Waals surface area (Å²) in [4.78, 5) is 20.8. The number of amides is 1. The van der Waals surface area contributed by atoms with Gasteiger partial charge in [-0.15, -0.1) is 0 Å². The fraction of sp³-hybridized carbons (Fsp3) is 0. The molecule has 25 heavy (non-hydrogen) atoms. The molecule has 0 aliphatic heterocycles. The molecule has 4 rings (SSSR count). The van der Waals surface area contributed by atoms with Gasteiger partial charge in [0.05, 0.1) is 22.4 Å². The number of pyridine rings is 2. The molecule has 6 nitrogen and oxygen atoms in total. The summed E-state index contributed by atoms with van der Waals surface area (Å²) in [6.07, 6.45) is 4.97. The molecule has 0 saturated carbocycles. The molecule has 0 aliphatic rings. The molecule has 4 aromatic rings. The third-order valence-electron chi connectivity index (χ3n) is 3.73. The number of anilines is 1. The topological polar surface area (TPSA) is 83.6 Å². The Morgan fingerprint density at radius 2 is 2.00 bits per heavy atom. The molecule has 2 N–H and O–H groups in total. The van der Waals surface area contributed by atoms with Crippen LogP contribution in [0.1, 0.15) is 10.5 Å². The van der Waals surface area contributed by atoms with Crippen LogP contribution >= 0.6 is 11.6 Å². The van der Waals surface area contributed by atoms with E-state index in [4.69, 9.17) is 11.6 Å².